The van der Waals surface area contributed by atoms with Crippen LogP contribution in [-0.2, 0) is 19.2 Å². The largest absolute Gasteiger partial charge is 0.348 e. The second-order valence-electron chi connectivity index (χ2n) is 3.96. The summed E-state index contributed by atoms with van der Waals surface area (Å²) in [5.74, 6) is -0.980. The highest BCUT2D eigenvalue weighted by Gasteiger charge is 2.16. The molecule has 0 aliphatic rings. The molecular formula is C11H19N3O4. The molecule has 4 N–H and O–H groups in total. The van der Waals surface area contributed by atoms with Crippen molar-refractivity contribution in [1.29, 1.82) is 0 Å². The van der Waals surface area contributed by atoms with Crippen LogP contribution in [0.2, 0.25) is 0 Å². The normalized spacial score (nSPS) is 13.3. The molecule has 0 aromatic carbocycles. The molecule has 0 aliphatic carbocycles. The number of hydrogen-bond acceptors (Lipinski definition) is 5. The highest BCUT2D eigenvalue weighted by molar-refractivity contribution is 5.88. The third-order valence-electron chi connectivity index (χ3n) is 2.33. The van der Waals surface area contributed by atoms with Crippen molar-refractivity contribution in [3.8, 4) is 0 Å². The first kappa shape index (κ1) is 16.2. The summed E-state index contributed by atoms with van der Waals surface area (Å²) < 4.78 is 0. The fraction of sp³-hybridized carbons (Fsp3) is 0.636. The van der Waals surface area contributed by atoms with Gasteiger partial charge in [-0.15, -0.1) is 0 Å². The molecule has 0 bridgehead atoms. The summed E-state index contributed by atoms with van der Waals surface area (Å²) in [6, 6.07) is -1.39. The topological polar surface area (TPSA) is 118 Å². The van der Waals surface area contributed by atoms with Gasteiger partial charge in [-0.3, -0.25) is 14.4 Å². The van der Waals surface area contributed by atoms with Crippen LogP contribution in [0.5, 0.6) is 0 Å². The Bertz CT molecular complexity index is 330. The van der Waals surface area contributed by atoms with Gasteiger partial charge in [0.15, 0.2) is 0 Å². The highest BCUT2D eigenvalue weighted by atomic mass is 16.2. The second-order valence-corrected chi connectivity index (χ2v) is 3.96. The Labute approximate surface area is 105 Å². The van der Waals surface area contributed by atoms with Crippen LogP contribution in [0.3, 0.4) is 0 Å². The number of nitrogens with two attached hydrogens (primary N) is 1. The van der Waals surface area contributed by atoms with Crippen molar-refractivity contribution in [3.63, 3.8) is 0 Å². The Balaban J connectivity index is 3.96. The van der Waals surface area contributed by atoms with Crippen molar-refractivity contribution < 1.29 is 19.2 Å². The average molecular weight is 257 g/mol. The van der Waals surface area contributed by atoms with Gasteiger partial charge in [0.05, 0.1) is 12.6 Å². The van der Waals surface area contributed by atoms with E-state index in [1.54, 1.807) is 0 Å². The van der Waals surface area contributed by atoms with Gasteiger partial charge in [-0.1, -0.05) is 0 Å². The van der Waals surface area contributed by atoms with Gasteiger partial charge in [0.25, 0.3) is 0 Å². The summed E-state index contributed by atoms with van der Waals surface area (Å²) in [5, 5.41) is 4.77. The smallest absolute Gasteiger partial charge is 0.242 e. The van der Waals surface area contributed by atoms with Gasteiger partial charge in [0.1, 0.15) is 18.1 Å². The summed E-state index contributed by atoms with van der Waals surface area (Å²) in [7, 11) is 0. The maximum atomic E-state index is 11.4. The monoisotopic (exact) mass is 257 g/mol. The molecule has 2 unspecified atom stereocenters. The number of hydrogen-bond donors (Lipinski definition) is 3. The zero-order valence-corrected chi connectivity index (χ0v) is 10.6. The first-order chi connectivity index (χ1) is 8.38. The quantitative estimate of drug-likeness (QED) is 0.457. The molecule has 0 aliphatic heterocycles. The van der Waals surface area contributed by atoms with Crippen LogP contribution in [0, 0.1) is 0 Å². The van der Waals surface area contributed by atoms with Crippen LogP contribution in [0.25, 0.3) is 0 Å². The molecule has 18 heavy (non-hydrogen) atoms. The first-order valence-electron chi connectivity index (χ1n) is 5.65. The molecule has 7 nitrogen and oxygen atoms in total. The molecular weight excluding hydrogens is 238 g/mol. The van der Waals surface area contributed by atoms with E-state index in [0.717, 1.165) is 0 Å². The van der Waals surface area contributed by atoms with E-state index in [1.165, 1.54) is 13.8 Å². The Morgan fingerprint density at radius 1 is 1.33 bits per heavy atom. The van der Waals surface area contributed by atoms with Gasteiger partial charge < -0.3 is 21.2 Å². The lowest BCUT2D eigenvalue weighted by Crippen LogP contribution is -2.45. The molecule has 0 radical (unpaired) electrons. The number of carbonyl (C=O) groups is 4. The van der Waals surface area contributed by atoms with Gasteiger partial charge in [0, 0.05) is 6.42 Å². The molecule has 0 saturated heterocycles. The number of carbonyl (C=O) groups excluding carboxylic acids is 4. The predicted molar refractivity (Wildman–Crippen MR) is 64.6 cm³/mol. The van der Waals surface area contributed by atoms with E-state index in [-0.39, 0.29) is 31.1 Å². The Morgan fingerprint density at radius 2 is 1.94 bits per heavy atom. The van der Waals surface area contributed by atoms with Crippen LogP contribution in [0.1, 0.15) is 26.7 Å². The molecule has 0 saturated carbocycles. The van der Waals surface area contributed by atoms with Crippen molar-refractivity contribution in [3.05, 3.63) is 0 Å². The third kappa shape index (κ3) is 6.74. The number of rotatable bonds is 8. The van der Waals surface area contributed by atoms with E-state index in [9.17, 15) is 19.2 Å². The molecule has 0 rings (SSSR count). The minimum atomic E-state index is -0.731. The molecule has 0 spiro atoms. The van der Waals surface area contributed by atoms with Crippen LogP contribution in [0.4, 0.5) is 0 Å². The minimum Gasteiger partial charge on any atom is -0.348 e. The molecule has 2 atom stereocenters. The fourth-order valence-electron chi connectivity index (χ4n) is 1.16. The van der Waals surface area contributed by atoms with Crippen molar-refractivity contribution >= 4 is 23.9 Å². The lowest BCUT2D eigenvalue weighted by molar-refractivity contribution is -0.129. The van der Waals surface area contributed by atoms with Gasteiger partial charge in [-0.25, -0.2) is 0 Å². The molecule has 102 valence electrons. The number of amides is 2. The van der Waals surface area contributed by atoms with Gasteiger partial charge in [0.2, 0.25) is 11.8 Å². The molecule has 0 fully saturated rings. The van der Waals surface area contributed by atoms with Crippen molar-refractivity contribution in [1.82, 2.24) is 10.6 Å². The molecule has 2 amide bonds. The van der Waals surface area contributed by atoms with Gasteiger partial charge in [-0.05, 0) is 20.3 Å². The van der Waals surface area contributed by atoms with Gasteiger partial charge in [-0.2, -0.15) is 0 Å². The summed E-state index contributed by atoms with van der Waals surface area (Å²) in [4.78, 5) is 43.7. The first-order valence-corrected chi connectivity index (χ1v) is 5.65. The zero-order chi connectivity index (χ0) is 14.1. The fourth-order valence-corrected chi connectivity index (χ4v) is 1.16. The molecule has 7 heteroatoms. The van der Waals surface area contributed by atoms with Crippen molar-refractivity contribution in [2.24, 2.45) is 5.73 Å². The minimum absolute atomic E-state index is 0.0754. The Hall–Kier alpha value is -1.76. The third-order valence-corrected chi connectivity index (χ3v) is 2.33. The number of Topliss-reactive ketones (excluding diaryl/α,β-unsaturated/α-hetero) is 1. The lowest BCUT2D eigenvalue weighted by atomic mass is 10.1. The zero-order valence-electron chi connectivity index (χ0n) is 10.6. The maximum Gasteiger partial charge on any atom is 0.242 e. The molecule has 0 aromatic rings. The number of aldehydes is 1. The van der Waals surface area contributed by atoms with E-state index >= 15 is 0 Å². The summed E-state index contributed by atoms with van der Waals surface area (Å²) >= 11 is 0. The lowest BCUT2D eigenvalue weighted by Gasteiger charge is -2.13. The van der Waals surface area contributed by atoms with E-state index in [2.05, 4.69) is 10.6 Å². The Kier molecular flexibility index (Phi) is 7.53. The van der Waals surface area contributed by atoms with E-state index in [0.29, 0.717) is 6.29 Å². The maximum absolute atomic E-state index is 11.4. The number of nitrogens with one attached hydrogen (secondary N) is 2. The molecule has 0 heterocycles. The number of ketones is 1. The van der Waals surface area contributed by atoms with E-state index in [1.807, 2.05) is 0 Å². The molecule has 0 aromatic heterocycles. The van der Waals surface area contributed by atoms with Crippen LogP contribution >= 0.6 is 0 Å². The van der Waals surface area contributed by atoms with Crippen molar-refractivity contribution in [2.45, 2.75) is 38.8 Å². The predicted octanol–water partition coefficient (Wildman–Crippen LogP) is -1.50. The average Bonchev–Trinajstić information content (AvgIpc) is 2.32. The summed E-state index contributed by atoms with van der Waals surface area (Å²) in [6.07, 6.45) is 0.869. The van der Waals surface area contributed by atoms with Crippen LogP contribution in [-0.4, -0.2) is 42.5 Å². The Morgan fingerprint density at radius 3 is 2.44 bits per heavy atom. The SMILES string of the molecule is CC(=O)C(N)CCC(=O)NC(C)C(=O)NCC=O. The van der Waals surface area contributed by atoms with Gasteiger partial charge >= 0.3 is 0 Å². The summed E-state index contributed by atoms with van der Waals surface area (Å²) in [6.45, 7) is 2.77. The van der Waals surface area contributed by atoms with E-state index < -0.39 is 18.0 Å². The van der Waals surface area contributed by atoms with Crippen molar-refractivity contribution in [2.75, 3.05) is 6.54 Å². The summed E-state index contributed by atoms with van der Waals surface area (Å²) in [5.41, 5.74) is 5.47. The van der Waals surface area contributed by atoms with E-state index in [4.69, 9.17) is 5.73 Å². The highest BCUT2D eigenvalue weighted by Crippen LogP contribution is 1.96. The second kappa shape index (κ2) is 8.35. The van der Waals surface area contributed by atoms with Crippen LogP contribution < -0.4 is 16.4 Å². The standard InChI is InChI=1S/C11H19N3O4/c1-7(11(18)13-5-6-15)14-10(17)4-3-9(12)8(2)16/h6-7,9H,3-5,12H2,1-2H3,(H,13,18)(H,14,17). The van der Waals surface area contributed by atoms with Crippen LogP contribution in [0.15, 0.2) is 0 Å².